The van der Waals surface area contributed by atoms with Crippen molar-refractivity contribution in [2.75, 3.05) is 26.0 Å². The maximum Gasteiger partial charge on any atom is 0.271 e. The van der Waals surface area contributed by atoms with Crippen molar-refractivity contribution in [3.05, 3.63) is 11.9 Å². The molecule has 0 radical (unpaired) electrons. The Morgan fingerprint density at radius 1 is 1.71 bits per heavy atom. The highest BCUT2D eigenvalue weighted by atomic mass is 16.5. The van der Waals surface area contributed by atoms with Gasteiger partial charge in [-0.3, -0.25) is 9.89 Å². The van der Waals surface area contributed by atoms with E-state index in [2.05, 4.69) is 15.5 Å². The van der Waals surface area contributed by atoms with E-state index in [9.17, 15) is 4.79 Å². The highest BCUT2D eigenvalue weighted by molar-refractivity contribution is 5.96. The predicted octanol–water partition coefficient (Wildman–Crippen LogP) is 0.538. The smallest absolute Gasteiger partial charge is 0.271 e. The number of nitrogen functional groups attached to an aromatic ring is 1. The van der Waals surface area contributed by atoms with Crippen LogP contribution < -0.4 is 11.1 Å². The molecule has 0 saturated heterocycles. The van der Waals surface area contributed by atoms with E-state index in [0.29, 0.717) is 17.9 Å². The summed E-state index contributed by atoms with van der Waals surface area (Å²) in [7, 11) is 1.69. The molecule has 6 heteroatoms. The monoisotopic (exact) mass is 238 g/mol. The van der Waals surface area contributed by atoms with Gasteiger partial charge in [-0.1, -0.05) is 0 Å². The molecule has 1 saturated carbocycles. The summed E-state index contributed by atoms with van der Waals surface area (Å²) in [5.41, 5.74) is 6.56. The largest absolute Gasteiger partial charge is 0.396 e. The molecule has 1 aliphatic carbocycles. The number of nitrogens with zero attached hydrogens (tertiary/aromatic N) is 1. The lowest BCUT2D eigenvalue weighted by Gasteiger charge is -2.15. The van der Waals surface area contributed by atoms with E-state index in [1.807, 2.05) is 0 Å². The Bertz CT molecular complexity index is 398. The number of aromatic amines is 1. The molecule has 17 heavy (non-hydrogen) atoms. The zero-order chi connectivity index (χ0) is 12.3. The maximum absolute atomic E-state index is 11.8. The summed E-state index contributed by atoms with van der Waals surface area (Å²) in [6.07, 6.45) is 4.72. The van der Waals surface area contributed by atoms with Crippen LogP contribution in [0.2, 0.25) is 0 Å². The second-order valence-corrected chi connectivity index (χ2v) is 4.63. The molecule has 1 amide bonds. The molecule has 1 fully saturated rings. The van der Waals surface area contributed by atoms with E-state index >= 15 is 0 Å². The third kappa shape index (κ3) is 2.76. The quantitative estimate of drug-likeness (QED) is 0.674. The molecular formula is C11H18N4O2. The van der Waals surface area contributed by atoms with Crippen LogP contribution in [0.4, 0.5) is 5.69 Å². The summed E-state index contributed by atoms with van der Waals surface area (Å²) in [5, 5.41) is 9.21. The van der Waals surface area contributed by atoms with Crippen LogP contribution >= 0.6 is 0 Å². The number of carbonyl (C=O) groups excluding carboxylic acids is 1. The fourth-order valence-corrected chi connectivity index (χ4v) is 1.84. The summed E-state index contributed by atoms with van der Waals surface area (Å²) in [6, 6.07) is 0. The summed E-state index contributed by atoms with van der Waals surface area (Å²) in [6.45, 7) is 1.41. The van der Waals surface area contributed by atoms with Gasteiger partial charge in [-0.2, -0.15) is 5.10 Å². The summed E-state index contributed by atoms with van der Waals surface area (Å²) in [4.78, 5) is 11.8. The highest BCUT2D eigenvalue weighted by Gasteiger charge is 2.42. The number of hydrogen-bond donors (Lipinski definition) is 3. The Morgan fingerprint density at radius 3 is 3.00 bits per heavy atom. The number of ether oxygens (including phenoxy) is 1. The van der Waals surface area contributed by atoms with E-state index in [1.54, 1.807) is 7.11 Å². The van der Waals surface area contributed by atoms with Gasteiger partial charge >= 0.3 is 0 Å². The molecule has 0 aromatic carbocycles. The molecule has 0 bridgehead atoms. The minimum Gasteiger partial charge on any atom is -0.396 e. The molecule has 2 rings (SSSR count). The summed E-state index contributed by atoms with van der Waals surface area (Å²) >= 11 is 0. The number of anilines is 1. The van der Waals surface area contributed by atoms with E-state index in [4.69, 9.17) is 10.5 Å². The lowest BCUT2D eigenvalue weighted by atomic mass is 10.0. The fourth-order valence-electron chi connectivity index (χ4n) is 1.84. The van der Waals surface area contributed by atoms with Crippen molar-refractivity contribution in [2.24, 2.45) is 5.41 Å². The highest BCUT2D eigenvalue weighted by Crippen LogP contribution is 2.48. The van der Waals surface area contributed by atoms with Crippen LogP contribution in [0.25, 0.3) is 0 Å². The van der Waals surface area contributed by atoms with Crippen LogP contribution in [0.3, 0.4) is 0 Å². The first kappa shape index (κ1) is 11.9. The van der Waals surface area contributed by atoms with Crippen LogP contribution in [0, 0.1) is 5.41 Å². The fraction of sp³-hybridized carbons (Fsp3) is 0.636. The van der Waals surface area contributed by atoms with Crippen molar-refractivity contribution in [3.8, 4) is 0 Å². The van der Waals surface area contributed by atoms with Gasteiger partial charge in [-0.25, -0.2) is 0 Å². The summed E-state index contributed by atoms with van der Waals surface area (Å²) in [5.74, 6) is -0.191. The van der Waals surface area contributed by atoms with E-state index in [1.165, 1.54) is 6.20 Å². The first-order valence-electron chi connectivity index (χ1n) is 5.73. The molecular weight excluding hydrogens is 220 g/mol. The molecule has 0 spiro atoms. The molecule has 0 atom stereocenters. The van der Waals surface area contributed by atoms with Gasteiger partial charge in [-0.15, -0.1) is 0 Å². The van der Waals surface area contributed by atoms with Gasteiger partial charge in [-0.05, 0) is 24.7 Å². The average Bonchev–Trinajstić information content (AvgIpc) is 2.98. The molecule has 0 aliphatic heterocycles. The minimum absolute atomic E-state index is 0.191. The topological polar surface area (TPSA) is 93.0 Å². The van der Waals surface area contributed by atoms with Gasteiger partial charge in [0, 0.05) is 20.3 Å². The van der Waals surface area contributed by atoms with Crippen LogP contribution in [0.5, 0.6) is 0 Å². The number of carbonyl (C=O) groups is 1. The zero-order valence-corrected chi connectivity index (χ0v) is 9.95. The van der Waals surface area contributed by atoms with Gasteiger partial charge in [0.2, 0.25) is 0 Å². The molecule has 1 aromatic rings. The number of rotatable bonds is 6. The Labute approximate surface area is 99.9 Å². The molecule has 0 unspecified atom stereocenters. The van der Waals surface area contributed by atoms with E-state index in [-0.39, 0.29) is 11.3 Å². The van der Waals surface area contributed by atoms with Crippen molar-refractivity contribution >= 4 is 11.6 Å². The maximum atomic E-state index is 11.8. The molecule has 1 heterocycles. The molecule has 1 aliphatic rings. The molecule has 6 nitrogen and oxygen atoms in total. The van der Waals surface area contributed by atoms with E-state index < -0.39 is 0 Å². The number of methoxy groups -OCH3 is 1. The van der Waals surface area contributed by atoms with Gasteiger partial charge in [0.05, 0.1) is 11.9 Å². The second kappa shape index (κ2) is 4.75. The van der Waals surface area contributed by atoms with Crippen LogP contribution in [0.15, 0.2) is 6.20 Å². The third-order valence-corrected chi connectivity index (χ3v) is 3.31. The predicted molar refractivity (Wildman–Crippen MR) is 63.5 cm³/mol. The van der Waals surface area contributed by atoms with Crippen molar-refractivity contribution in [1.82, 2.24) is 15.5 Å². The Hall–Kier alpha value is -1.56. The number of nitrogens with two attached hydrogens (primary N) is 1. The lowest BCUT2D eigenvalue weighted by Crippen LogP contribution is -2.31. The Morgan fingerprint density at radius 2 is 2.47 bits per heavy atom. The zero-order valence-electron chi connectivity index (χ0n) is 9.95. The Balaban J connectivity index is 1.83. The first-order chi connectivity index (χ1) is 8.17. The lowest BCUT2D eigenvalue weighted by molar-refractivity contribution is 0.0934. The molecule has 94 valence electrons. The standard InChI is InChI=1S/C11H18N4O2/c1-17-5-4-11(2-3-11)7-13-10(16)9-8(12)6-14-15-9/h6H,2-5,7,12H2,1H3,(H,13,16)(H,14,15). The third-order valence-electron chi connectivity index (χ3n) is 3.31. The number of hydrogen-bond acceptors (Lipinski definition) is 4. The Kier molecular flexibility index (Phi) is 3.33. The average molecular weight is 238 g/mol. The van der Waals surface area contributed by atoms with Crippen LogP contribution in [0.1, 0.15) is 29.8 Å². The normalized spacial score (nSPS) is 16.8. The van der Waals surface area contributed by atoms with Gasteiger partial charge in [0.15, 0.2) is 0 Å². The second-order valence-electron chi connectivity index (χ2n) is 4.63. The van der Waals surface area contributed by atoms with Crippen molar-refractivity contribution < 1.29 is 9.53 Å². The number of amides is 1. The number of aromatic nitrogens is 2. The van der Waals surface area contributed by atoms with Gasteiger partial charge in [0.25, 0.3) is 5.91 Å². The molecule has 4 N–H and O–H groups in total. The van der Waals surface area contributed by atoms with E-state index in [0.717, 1.165) is 25.9 Å². The van der Waals surface area contributed by atoms with Crippen LogP contribution in [-0.2, 0) is 4.74 Å². The van der Waals surface area contributed by atoms with Gasteiger partial charge in [0.1, 0.15) is 5.69 Å². The van der Waals surface area contributed by atoms with Gasteiger partial charge < -0.3 is 15.8 Å². The summed E-state index contributed by atoms with van der Waals surface area (Å²) < 4.78 is 5.07. The number of H-pyrrole nitrogens is 1. The van der Waals surface area contributed by atoms with Crippen molar-refractivity contribution in [3.63, 3.8) is 0 Å². The first-order valence-corrected chi connectivity index (χ1v) is 5.73. The van der Waals surface area contributed by atoms with Crippen molar-refractivity contribution in [2.45, 2.75) is 19.3 Å². The molecule has 1 aromatic heterocycles. The minimum atomic E-state index is -0.191. The SMILES string of the molecule is COCCC1(CNC(=O)c2[nH]ncc2N)CC1. The number of nitrogens with one attached hydrogen (secondary N) is 2. The van der Waals surface area contributed by atoms with Crippen molar-refractivity contribution in [1.29, 1.82) is 0 Å². The van der Waals surface area contributed by atoms with Crippen LogP contribution in [-0.4, -0.2) is 36.4 Å².